The maximum atomic E-state index is 5.89. The van der Waals surface area contributed by atoms with Crippen LogP contribution in [0, 0.1) is 5.92 Å². The van der Waals surface area contributed by atoms with E-state index in [2.05, 4.69) is 15.9 Å². The largest absolute Gasteiger partial charge is 0.493 e. The minimum absolute atomic E-state index is 0.762. The Morgan fingerprint density at radius 2 is 2.21 bits per heavy atom. The number of hydrogen-bond acceptors (Lipinski definition) is 1. The van der Waals surface area contributed by atoms with Gasteiger partial charge in [-0.25, -0.2) is 0 Å². The van der Waals surface area contributed by atoms with E-state index in [0.29, 0.717) is 0 Å². The molecule has 1 nitrogen and oxygen atoms in total. The minimum Gasteiger partial charge on any atom is -0.493 e. The van der Waals surface area contributed by atoms with Crippen LogP contribution < -0.4 is 4.74 Å². The van der Waals surface area contributed by atoms with Crippen molar-refractivity contribution in [2.24, 2.45) is 5.92 Å². The molecule has 1 saturated carbocycles. The van der Waals surface area contributed by atoms with E-state index in [1.165, 1.54) is 12.8 Å². The Kier molecular flexibility index (Phi) is 3.34. The summed E-state index contributed by atoms with van der Waals surface area (Å²) in [5.41, 5.74) is 1.12. The lowest BCUT2D eigenvalue weighted by molar-refractivity contribution is 0.297. The second-order valence-corrected chi connectivity index (χ2v) is 4.64. The summed E-state index contributed by atoms with van der Waals surface area (Å²) >= 11 is 9.32. The van der Waals surface area contributed by atoms with Crippen LogP contribution in [-0.4, -0.2) is 6.61 Å². The van der Waals surface area contributed by atoms with Crippen LogP contribution in [0.2, 0.25) is 5.02 Å². The van der Waals surface area contributed by atoms with E-state index in [9.17, 15) is 0 Å². The van der Waals surface area contributed by atoms with Crippen molar-refractivity contribution in [3.63, 3.8) is 0 Å². The summed E-state index contributed by atoms with van der Waals surface area (Å²) in [6.45, 7) is 0.849. The first kappa shape index (κ1) is 10.3. The molecule has 0 radical (unpaired) electrons. The lowest BCUT2D eigenvalue weighted by Crippen LogP contribution is -2.00. The molecule has 14 heavy (non-hydrogen) atoms. The predicted molar refractivity (Wildman–Crippen MR) is 62.3 cm³/mol. The highest BCUT2D eigenvalue weighted by Gasteiger charge is 2.22. The van der Waals surface area contributed by atoms with Gasteiger partial charge < -0.3 is 4.74 Å². The van der Waals surface area contributed by atoms with Gasteiger partial charge in [0.15, 0.2) is 0 Å². The standard InChI is InChI=1S/C11H12BrClO/c12-6-9-5-10(13)3-4-11(9)14-7-8-1-2-8/h3-5,8H,1-2,6-7H2. The molecule has 1 fully saturated rings. The molecule has 76 valence electrons. The van der Waals surface area contributed by atoms with E-state index in [1.807, 2.05) is 18.2 Å². The van der Waals surface area contributed by atoms with Gasteiger partial charge in [0, 0.05) is 15.9 Å². The molecule has 0 spiro atoms. The zero-order valence-electron chi connectivity index (χ0n) is 7.80. The molecule has 2 rings (SSSR count). The molecule has 0 aromatic heterocycles. The highest BCUT2D eigenvalue weighted by Crippen LogP contribution is 2.31. The average molecular weight is 276 g/mol. The molecule has 0 bridgehead atoms. The van der Waals surface area contributed by atoms with Gasteiger partial charge in [0.25, 0.3) is 0 Å². The highest BCUT2D eigenvalue weighted by molar-refractivity contribution is 9.08. The minimum atomic E-state index is 0.762. The third-order valence-corrected chi connectivity index (χ3v) is 3.18. The second-order valence-electron chi connectivity index (χ2n) is 3.64. The Morgan fingerprint density at radius 1 is 1.43 bits per heavy atom. The summed E-state index contributed by atoms with van der Waals surface area (Å²) in [6.07, 6.45) is 2.63. The fourth-order valence-electron chi connectivity index (χ4n) is 1.29. The SMILES string of the molecule is Clc1ccc(OCC2CC2)c(CBr)c1. The summed E-state index contributed by atoms with van der Waals surface area (Å²) in [7, 11) is 0. The Balaban J connectivity index is 2.05. The van der Waals surface area contributed by atoms with Crippen molar-refractivity contribution >= 4 is 27.5 Å². The first-order valence-corrected chi connectivity index (χ1v) is 6.26. The first-order valence-electron chi connectivity index (χ1n) is 4.77. The third kappa shape index (κ3) is 2.64. The summed E-state index contributed by atoms with van der Waals surface area (Å²) in [4.78, 5) is 0. The van der Waals surface area contributed by atoms with Crippen LogP contribution >= 0.6 is 27.5 Å². The number of hydrogen-bond donors (Lipinski definition) is 0. The van der Waals surface area contributed by atoms with Gasteiger partial charge in [0.2, 0.25) is 0 Å². The molecule has 0 atom stereocenters. The fourth-order valence-corrected chi connectivity index (χ4v) is 1.92. The summed E-state index contributed by atoms with van der Waals surface area (Å²) in [5.74, 6) is 1.74. The summed E-state index contributed by atoms with van der Waals surface area (Å²) in [5, 5.41) is 1.55. The normalized spacial score (nSPS) is 15.6. The number of halogens is 2. The van der Waals surface area contributed by atoms with Gasteiger partial charge >= 0.3 is 0 Å². The second kappa shape index (κ2) is 4.54. The van der Waals surface area contributed by atoms with Gasteiger partial charge in [-0.05, 0) is 37.0 Å². The Hall–Kier alpha value is -0.210. The lowest BCUT2D eigenvalue weighted by Gasteiger charge is -2.09. The van der Waals surface area contributed by atoms with Crippen molar-refractivity contribution in [1.82, 2.24) is 0 Å². The van der Waals surface area contributed by atoms with Crippen molar-refractivity contribution in [1.29, 1.82) is 0 Å². The monoisotopic (exact) mass is 274 g/mol. The molecule has 0 aliphatic heterocycles. The van der Waals surface area contributed by atoms with Gasteiger partial charge in [0.1, 0.15) is 5.75 Å². The molecule has 1 aromatic rings. The Bertz CT molecular complexity index is 323. The average Bonchev–Trinajstić information content (AvgIpc) is 2.99. The van der Waals surface area contributed by atoms with Crippen LogP contribution in [0.4, 0.5) is 0 Å². The van der Waals surface area contributed by atoms with E-state index < -0.39 is 0 Å². The summed E-state index contributed by atoms with van der Waals surface area (Å²) in [6, 6.07) is 5.76. The third-order valence-electron chi connectivity index (χ3n) is 2.34. The molecule has 1 aliphatic carbocycles. The van der Waals surface area contributed by atoms with Gasteiger partial charge in [-0.2, -0.15) is 0 Å². The Labute approximate surface area is 97.5 Å². The van der Waals surface area contributed by atoms with Crippen molar-refractivity contribution in [2.75, 3.05) is 6.61 Å². The fraction of sp³-hybridized carbons (Fsp3) is 0.455. The molecular formula is C11H12BrClO. The molecule has 0 saturated heterocycles. The van der Waals surface area contributed by atoms with Crippen LogP contribution in [0.15, 0.2) is 18.2 Å². The van der Waals surface area contributed by atoms with Crippen molar-refractivity contribution in [2.45, 2.75) is 18.2 Å². The number of benzene rings is 1. The van der Waals surface area contributed by atoms with Gasteiger partial charge in [0.05, 0.1) is 6.61 Å². The van der Waals surface area contributed by atoms with Crippen LogP contribution in [0.25, 0.3) is 0 Å². The predicted octanol–water partition coefficient (Wildman–Crippen LogP) is 4.02. The zero-order valence-corrected chi connectivity index (χ0v) is 10.1. The lowest BCUT2D eigenvalue weighted by atomic mass is 10.2. The molecule has 0 amide bonds. The maximum absolute atomic E-state index is 5.89. The Morgan fingerprint density at radius 3 is 2.86 bits per heavy atom. The smallest absolute Gasteiger partial charge is 0.123 e. The van der Waals surface area contributed by atoms with E-state index in [1.54, 1.807) is 0 Å². The van der Waals surface area contributed by atoms with Gasteiger partial charge in [-0.1, -0.05) is 27.5 Å². The van der Waals surface area contributed by atoms with E-state index in [4.69, 9.17) is 16.3 Å². The van der Waals surface area contributed by atoms with Crippen LogP contribution in [0.3, 0.4) is 0 Å². The first-order chi connectivity index (χ1) is 6.79. The number of alkyl halides is 1. The maximum Gasteiger partial charge on any atom is 0.123 e. The summed E-state index contributed by atoms with van der Waals surface area (Å²) < 4.78 is 5.72. The van der Waals surface area contributed by atoms with Crippen molar-refractivity contribution < 1.29 is 4.74 Å². The molecule has 0 unspecified atom stereocenters. The van der Waals surface area contributed by atoms with Gasteiger partial charge in [-0.15, -0.1) is 0 Å². The van der Waals surface area contributed by atoms with Crippen molar-refractivity contribution in [3.05, 3.63) is 28.8 Å². The molecular weight excluding hydrogens is 263 g/mol. The molecule has 1 aromatic carbocycles. The van der Waals surface area contributed by atoms with Crippen LogP contribution in [0.5, 0.6) is 5.75 Å². The number of rotatable bonds is 4. The van der Waals surface area contributed by atoms with Crippen molar-refractivity contribution in [3.8, 4) is 5.75 Å². The molecule has 0 N–H and O–H groups in total. The van der Waals surface area contributed by atoms with E-state index in [-0.39, 0.29) is 0 Å². The van der Waals surface area contributed by atoms with E-state index >= 15 is 0 Å². The molecule has 1 aliphatic rings. The highest BCUT2D eigenvalue weighted by atomic mass is 79.9. The van der Waals surface area contributed by atoms with Crippen LogP contribution in [0.1, 0.15) is 18.4 Å². The van der Waals surface area contributed by atoms with Crippen LogP contribution in [-0.2, 0) is 5.33 Å². The molecule has 0 heterocycles. The van der Waals surface area contributed by atoms with E-state index in [0.717, 1.165) is 34.2 Å². The zero-order chi connectivity index (χ0) is 9.97. The number of ether oxygens (including phenoxy) is 1. The topological polar surface area (TPSA) is 9.23 Å². The molecule has 3 heteroatoms. The quantitative estimate of drug-likeness (QED) is 0.754. The van der Waals surface area contributed by atoms with Gasteiger partial charge in [-0.3, -0.25) is 0 Å².